The van der Waals surface area contributed by atoms with Crippen LogP contribution in [0.2, 0.25) is 0 Å². The molecular formula is C8H15N5. The topological polar surface area (TPSA) is 69.6 Å². The van der Waals surface area contributed by atoms with Gasteiger partial charge < -0.3 is 5.73 Å². The zero-order valence-electron chi connectivity index (χ0n) is 7.85. The SMILES string of the molecule is CC(N)CC1CCn2nnnc2C1. The summed E-state index contributed by atoms with van der Waals surface area (Å²) >= 11 is 0. The van der Waals surface area contributed by atoms with Crippen molar-refractivity contribution in [3.05, 3.63) is 5.82 Å². The normalized spacial score (nSPS) is 24.0. The molecule has 5 nitrogen and oxygen atoms in total. The standard InChI is InChI=1S/C8H15N5/c1-6(9)4-7-2-3-13-8(5-7)10-11-12-13/h6-7H,2-5,9H2,1H3. The predicted octanol–water partition coefficient (Wildman–Crippen LogP) is -0.0272. The largest absolute Gasteiger partial charge is 0.328 e. The van der Waals surface area contributed by atoms with E-state index in [-0.39, 0.29) is 6.04 Å². The molecule has 2 rings (SSSR count). The summed E-state index contributed by atoms with van der Waals surface area (Å²) in [6, 6.07) is 0.285. The molecule has 0 amide bonds. The number of fused-ring (bicyclic) bond motifs is 1. The van der Waals surface area contributed by atoms with Crippen molar-refractivity contribution in [3.63, 3.8) is 0 Å². The van der Waals surface area contributed by atoms with Gasteiger partial charge in [0.25, 0.3) is 0 Å². The number of rotatable bonds is 2. The van der Waals surface area contributed by atoms with Crippen LogP contribution in [0, 0.1) is 5.92 Å². The molecule has 1 aliphatic heterocycles. The number of nitrogens with zero attached hydrogens (tertiary/aromatic N) is 4. The Bertz CT molecular complexity index is 280. The van der Waals surface area contributed by atoms with E-state index < -0.39 is 0 Å². The smallest absolute Gasteiger partial charge is 0.151 e. The monoisotopic (exact) mass is 181 g/mol. The number of hydrogen-bond donors (Lipinski definition) is 1. The predicted molar refractivity (Wildman–Crippen MR) is 47.9 cm³/mol. The third-order valence-corrected chi connectivity index (χ3v) is 2.53. The quantitative estimate of drug-likeness (QED) is 0.695. The van der Waals surface area contributed by atoms with Crippen LogP contribution in [0.3, 0.4) is 0 Å². The van der Waals surface area contributed by atoms with E-state index in [4.69, 9.17) is 5.73 Å². The minimum absolute atomic E-state index is 0.285. The number of hydrogen-bond acceptors (Lipinski definition) is 4. The second kappa shape index (κ2) is 3.41. The Morgan fingerprint density at radius 3 is 3.31 bits per heavy atom. The van der Waals surface area contributed by atoms with Crippen molar-refractivity contribution in [3.8, 4) is 0 Å². The number of aryl methyl sites for hydroxylation is 1. The van der Waals surface area contributed by atoms with E-state index in [0.29, 0.717) is 5.92 Å². The molecule has 2 unspecified atom stereocenters. The Balaban J connectivity index is 2.00. The summed E-state index contributed by atoms with van der Waals surface area (Å²) in [7, 11) is 0. The molecule has 0 bridgehead atoms. The maximum atomic E-state index is 5.76. The van der Waals surface area contributed by atoms with E-state index in [9.17, 15) is 0 Å². The first-order valence-corrected chi connectivity index (χ1v) is 4.76. The number of tetrazole rings is 1. The van der Waals surface area contributed by atoms with Gasteiger partial charge >= 0.3 is 0 Å². The fraction of sp³-hybridized carbons (Fsp3) is 0.875. The van der Waals surface area contributed by atoms with E-state index in [1.807, 2.05) is 4.68 Å². The molecule has 0 spiro atoms. The van der Waals surface area contributed by atoms with Gasteiger partial charge in [0, 0.05) is 19.0 Å². The summed E-state index contributed by atoms with van der Waals surface area (Å²) < 4.78 is 1.89. The second-order valence-electron chi connectivity index (χ2n) is 3.89. The zero-order chi connectivity index (χ0) is 9.26. The number of aromatic nitrogens is 4. The van der Waals surface area contributed by atoms with Crippen molar-refractivity contribution in [2.75, 3.05) is 0 Å². The van der Waals surface area contributed by atoms with Gasteiger partial charge in [-0.3, -0.25) is 0 Å². The first-order valence-electron chi connectivity index (χ1n) is 4.76. The molecule has 2 heterocycles. The molecule has 72 valence electrons. The molecule has 0 fully saturated rings. The van der Waals surface area contributed by atoms with Crippen LogP contribution >= 0.6 is 0 Å². The van der Waals surface area contributed by atoms with Crippen molar-refractivity contribution in [1.82, 2.24) is 20.2 Å². The van der Waals surface area contributed by atoms with Gasteiger partial charge in [-0.25, -0.2) is 4.68 Å². The molecule has 0 saturated heterocycles. The number of nitrogens with two attached hydrogens (primary N) is 1. The third-order valence-electron chi connectivity index (χ3n) is 2.53. The highest BCUT2D eigenvalue weighted by molar-refractivity contribution is 4.89. The Morgan fingerprint density at radius 1 is 1.69 bits per heavy atom. The maximum Gasteiger partial charge on any atom is 0.151 e. The molecule has 0 aromatic carbocycles. The van der Waals surface area contributed by atoms with Gasteiger partial charge in [0.15, 0.2) is 5.82 Å². The van der Waals surface area contributed by atoms with Crippen molar-refractivity contribution >= 4 is 0 Å². The molecule has 2 atom stereocenters. The van der Waals surface area contributed by atoms with Crippen LogP contribution in [0.4, 0.5) is 0 Å². The lowest BCUT2D eigenvalue weighted by Crippen LogP contribution is -2.26. The fourth-order valence-electron chi connectivity index (χ4n) is 1.94. The summed E-state index contributed by atoms with van der Waals surface area (Å²) in [5.74, 6) is 1.68. The highest BCUT2D eigenvalue weighted by Gasteiger charge is 2.21. The Kier molecular flexibility index (Phi) is 2.26. The van der Waals surface area contributed by atoms with E-state index in [1.54, 1.807) is 0 Å². The fourth-order valence-corrected chi connectivity index (χ4v) is 1.94. The van der Waals surface area contributed by atoms with E-state index in [0.717, 1.165) is 31.6 Å². The lowest BCUT2D eigenvalue weighted by molar-refractivity contribution is 0.328. The van der Waals surface area contributed by atoms with Crippen LogP contribution in [0.1, 0.15) is 25.6 Å². The highest BCUT2D eigenvalue weighted by atomic mass is 15.5. The molecule has 5 heteroatoms. The van der Waals surface area contributed by atoms with Crippen LogP contribution in [-0.4, -0.2) is 26.2 Å². The van der Waals surface area contributed by atoms with Crippen LogP contribution in [-0.2, 0) is 13.0 Å². The van der Waals surface area contributed by atoms with Crippen molar-refractivity contribution in [2.24, 2.45) is 11.7 Å². The van der Waals surface area contributed by atoms with Crippen LogP contribution in [0.25, 0.3) is 0 Å². The van der Waals surface area contributed by atoms with Crippen LogP contribution in [0.15, 0.2) is 0 Å². The van der Waals surface area contributed by atoms with Crippen LogP contribution in [0.5, 0.6) is 0 Å². The molecule has 1 aliphatic rings. The molecule has 0 radical (unpaired) electrons. The minimum atomic E-state index is 0.285. The van der Waals surface area contributed by atoms with Crippen molar-refractivity contribution in [2.45, 2.75) is 38.8 Å². The van der Waals surface area contributed by atoms with Gasteiger partial charge in [0.2, 0.25) is 0 Å². The maximum absolute atomic E-state index is 5.76. The molecule has 1 aromatic heterocycles. The molecule has 1 aromatic rings. The molecular weight excluding hydrogens is 166 g/mol. The van der Waals surface area contributed by atoms with Crippen LogP contribution < -0.4 is 5.73 Å². The lowest BCUT2D eigenvalue weighted by Gasteiger charge is -2.22. The minimum Gasteiger partial charge on any atom is -0.328 e. The van der Waals surface area contributed by atoms with E-state index >= 15 is 0 Å². The van der Waals surface area contributed by atoms with Gasteiger partial charge in [-0.1, -0.05) is 0 Å². The van der Waals surface area contributed by atoms with Gasteiger partial charge in [0.1, 0.15) is 0 Å². The Morgan fingerprint density at radius 2 is 2.54 bits per heavy atom. The molecule has 13 heavy (non-hydrogen) atoms. The zero-order valence-corrected chi connectivity index (χ0v) is 7.85. The second-order valence-corrected chi connectivity index (χ2v) is 3.89. The molecule has 2 N–H and O–H groups in total. The highest BCUT2D eigenvalue weighted by Crippen LogP contribution is 2.21. The summed E-state index contributed by atoms with van der Waals surface area (Å²) in [6.45, 7) is 3.00. The van der Waals surface area contributed by atoms with E-state index in [1.165, 1.54) is 0 Å². The summed E-state index contributed by atoms with van der Waals surface area (Å²) in [5, 5.41) is 11.5. The summed E-state index contributed by atoms with van der Waals surface area (Å²) in [4.78, 5) is 0. The first kappa shape index (κ1) is 8.62. The first-order chi connectivity index (χ1) is 6.25. The Labute approximate surface area is 77.3 Å². The van der Waals surface area contributed by atoms with Crippen molar-refractivity contribution in [1.29, 1.82) is 0 Å². The van der Waals surface area contributed by atoms with Crippen molar-refractivity contribution < 1.29 is 0 Å². The van der Waals surface area contributed by atoms with Gasteiger partial charge in [0.05, 0.1) is 0 Å². The van der Waals surface area contributed by atoms with Gasteiger partial charge in [-0.2, -0.15) is 0 Å². The Hall–Kier alpha value is -0.970. The third kappa shape index (κ3) is 1.85. The van der Waals surface area contributed by atoms with Gasteiger partial charge in [-0.15, -0.1) is 5.10 Å². The average molecular weight is 181 g/mol. The lowest BCUT2D eigenvalue weighted by atomic mass is 9.92. The summed E-state index contributed by atoms with van der Waals surface area (Å²) in [6.07, 6.45) is 3.21. The summed E-state index contributed by atoms with van der Waals surface area (Å²) in [5.41, 5.74) is 5.76. The molecule has 0 aliphatic carbocycles. The van der Waals surface area contributed by atoms with Gasteiger partial charge in [-0.05, 0) is 36.1 Å². The average Bonchev–Trinajstić information content (AvgIpc) is 2.49. The van der Waals surface area contributed by atoms with E-state index in [2.05, 4.69) is 22.4 Å². The molecule has 0 saturated carbocycles.